The average Bonchev–Trinajstić information content (AvgIpc) is 2.47. The Morgan fingerprint density at radius 1 is 1.00 bits per heavy atom. The molecule has 0 aliphatic heterocycles. The van der Waals surface area contributed by atoms with Gasteiger partial charge in [-0.15, -0.1) is 0 Å². The third-order valence-corrected chi connectivity index (χ3v) is 3.51. The number of benzene rings is 1. The Morgan fingerprint density at radius 3 is 2.30 bits per heavy atom. The van der Waals surface area contributed by atoms with Gasteiger partial charge < -0.3 is 10.1 Å². The fourth-order valence-electron chi connectivity index (χ4n) is 2.26. The van der Waals surface area contributed by atoms with Crippen molar-refractivity contribution < 1.29 is 9.13 Å². The Hall–Kier alpha value is -1.25. The predicted octanol–water partition coefficient (Wildman–Crippen LogP) is 5.39. The number of methoxy groups -OCH3 is 1. The van der Waals surface area contributed by atoms with Gasteiger partial charge in [-0.05, 0) is 18.6 Å². The number of unbranched alkanes of at least 4 members (excludes halogenated alkanes) is 7. The number of anilines is 1. The molecule has 0 fully saturated rings. The number of halogens is 1. The van der Waals surface area contributed by atoms with Crippen LogP contribution in [0.1, 0.15) is 58.3 Å². The zero-order chi connectivity index (χ0) is 14.6. The lowest BCUT2D eigenvalue weighted by molar-refractivity contribution is 0.387. The summed E-state index contributed by atoms with van der Waals surface area (Å²) < 4.78 is 18.2. The molecule has 0 aromatic heterocycles. The molecule has 1 N–H and O–H groups in total. The highest BCUT2D eigenvalue weighted by atomic mass is 19.1. The van der Waals surface area contributed by atoms with E-state index in [1.807, 2.05) is 0 Å². The quantitative estimate of drug-likeness (QED) is 0.549. The topological polar surface area (TPSA) is 21.3 Å². The highest BCUT2D eigenvalue weighted by Gasteiger charge is 2.02. The van der Waals surface area contributed by atoms with Crippen LogP contribution in [0.5, 0.6) is 5.75 Å². The molecule has 0 bridgehead atoms. The Labute approximate surface area is 122 Å². The number of hydrogen-bond acceptors (Lipinski definition) is 2. The van der Waals surface area contributed by atoms with E-state index in [0.717, 1.165) is 18.7 Å². The molecule has 0 saturated heterocycles. The van der Waals surface area contributed by atoms with Crippen molar-refractivity contribution >= 4 is 5.69 Å². The maximum Gasteiger partial charge on any atom is 0.165 e. The van der Waals surface area contributed by atoms with Gasteiger partial charge in [0.25, 0.3) is 0 Å². The molecule has 0 saturated carbocycles. The van der Waals surface area contributed by atoms with Crippen LogP contribution in [0.15, 0.2) is 18.2 Å². The van der Waals surface area contributed by atoms with Crippen LogP contribution >= 0.6 is 0 Å². The monoisotopic (exact) mass is 281 g/mol. The summed E-state index contributed by atoms with van der Waals surface area (Å²) in [6.07, 6.45) is 10.5. The SMILES string of the molecule is CCCCCCCCCCNc1ccc(F)c(OC)c1. The van der Waals surface area contributed by atoms with Crippen LogP contribution < -0.4 is 10.1 Å². The fraction of sp³-hybridized carbons (Fsp3) is 0.647. The number of hydrogen-bond donors (Lipinski definition) is 1. The second-order valence-corrected chi connectivity index (χ2v) is 5.25. The molecule has 0 atom stereocenters. The lowest BCUT2D eigenvalue weighted by Gasteiger charge is -2.08. The van der Waals surface area contributed by atoms with Gasteiger partial charge in [0, 0.05) is 18.3 Å². The molecule has 3 heteroatoms. The van der Waals surface area contributed by atoms with Crippen molar-refractivity contribution in [3.8, 4) is 5.75 Å². The van der Waals surface area contributed by atoms with E-state index in [1.54, 1.807) is 12.1 Å². The van der Waals surface area contributed by atoms with E-state index in [2.05, 4.69) is 12.2 Å². The number of rotatable bonds is 11. The van der Waals surface area contributed by atoms with Gasteiger partial charge in [0.15, 0.2) is 11.6 Å². The van der Waals surface area contributed by atoms with Crippen LogP contribution in [-0.4, -0.2) is 13.7 Å². The van der Waals surface area contributed by atoms with E-state index in [-0.39, 0.29) is 5.82 Å². The maximum absolute atomic E-state index is 13.2. The summed E-state index contributed by atoms with van der Waals surface area (Å²) >= 11 is 0. The molecule has 0 aliphatic rings. The van der Waals surface area contributed by atoms with Crippen molar-refractivity contribution in [1.29, 1.82) is 0 Å². The highest BCUT2D eigenvalue weighted by Crippen LogP contribution is 2.21. The van der Waals surface area contributed by atoms with Gasteiger partial charge in [-0.25, -0.2) is 4.39 Å². The van der Waals surface area contributed by atoms with E-state index in [1.165, 1.54) is 58.1 Å². The predicted molar refractivity (Wildman–Crippen MR) is 84.1 cm³/mol. The van der Waals surface area contributed by atoms with Crippen molar-refractivity contribution in [2.24, 2.45) is 0 Å². The molecule has 1 aromatic rings. The van der Waals surface area contributed by atoms with Crippen molar-refractivity contribution in [3.05, 3.63) is 24.0 Å². The molecule has 0 heterocycles. The van der Waals surface area contributed by atoms with Crippen molar-refractivity contribution in [3.63, 3.8) is 0 Å². The summed E-state index contributed by atoms with van der Waals surface area (Å²) in [5.41, 5.74) is 0.922. The van der Waals surface area contributed by atoms with Gasteiger partial charge in [-0.2, -0.15) is 0 Å². The minimum atomic E-state index is -0.315. The molecule has 114 valence electrons. The number of nitrogens with one attached hydrogen (secondary N) is 1. The first kappa shape index (κ1) is 16.8. The van der Waals surface area contributed by atoms with Gasteiger partial charge in [0.2, 0.25) is 0 Å². The smallest absolute Gasteiger partial charge is 0.165 e. The van der Waals surface area contributed by atoms with E-state index in [0.29, 0.717) is 5.75 Å². The van der Waals surface area contributed by atoms with Crippen molar-refractivity contribution in [2.45, 2.75) is 58.3 Å². The van der Waals surface area contributed by atoms with E-state index in [4.69, 9.17) is 4.74 Å². The minimum absolute atomic E-state index is 0.297. The maximum atomic E-state index is 13.2. The van der Waals surface area contributed by atoms with Gasteiger partial charge in [-0.3, -0.25) is 0 Å². The van der Waals surface area contributed by atoms with Crippen LogP contribution in [0.4, 0.5) is 10.1 Å². The first-order valence-corrected chi connectivity index (χ1v) is 7.85. The Balaban J connectivity index is 2.06. The van der Waals surface area contributed by atoms with Crippen LogP contribution in [-0.2, 0) is 0 Å². The van der Waals surface area contributed by atoms with E-state index in [9.17, 15) is 4.39 Å². The molecule has 20 heavy (non-hydrogen) atoms. The third kappa shape index (κ3) is 6.78. The van der Waals surface area contributed by atoms with Crippen LogP contribution in [0.3, 0.4) is 0 Å². The summed E-state index contributed by atoms with van der Waals surface area (Å²) in [4.78, 5) is 0. The van der Waals surface area contributed by atoms with Gasteiger partial charge >= 0.3 is 0 Å². The molecule has 0 amide bonds. The lowest BCUT2D eigenvalue weighted by Crippen LogP contribution is -2.02. The first-order valence-electron chi connectivity index (χ1n) is 7.85. The molecule has 0 radical (unpaired) electrons. The summed E-state index contributed by atoms with van der Waals surface area (Å²) in [6.45, 7) is 3.18. The van der Waals surface area contributed by atoms with E-state index < -0.39 is 0 Å². The summed E-state index contributed by atoms with van der Waals surface area (Å²) in [7, 11) is 1.49. The van der Waals surface area contributed by atoms with Gasteiger partial charge in [0.1, 0.15) is 0 Å². The van der Waals surface area contributed by atoms with E-state index >= 15 is 0 Å². The average molecular weight is 281 g/mol. The van der Waals surface area contributed by atoms with Crippen LogP contribution in [0.2, 0.25) is 0 Å². The molecule has 2 nitrogen and oxygen atoms in total. The molecule has 1 rings (SSSR count). The molecular weight excluding hydrogens is 253 g/mol. The van der Waals surface area contributed by atoms with Gasteiger partial charge in [-0.1, -0.05) is 51.9 Å². The second-order valence-electron chi connectivity index (χ2n) is 5.25. The first-order chi connectivity index (χ1) is 9.77. The third-order valence-electron chi connectivity index (χ3n) is 3.51. The van der Waals surface area contributed by atoms with Crippen molar-refractivity contribution in [1.82, 2.24) is 0 Å². The summed E-state index contributed by atoms with van der Waals surface area (Å²) in [5, 5.41) is 3.31. The summed E-state index contributed by atoms with van der Waals surface area (Å²) in [5.74, 6) is -0.0175. The standard InChI is InChI=1S/C17H28FNO/c1-3-4-5-6-7-8-9-10-13-19-15-11-12-16(18)17(14-15)20-2/h11-12,14,19H,3-10,13H2,1-2H3. The Morgan fingerprint density at radius 2 is 1.65 bits per heavy atom. The molecule has 0 spiro atoms. The lowest BCUT2D eigenvalue weighted by atomic mass is 10.1. The Bertz CT molecular complexity index is 368. The molecular formula is C17H28FNO. The van der Waals surface area contributed by atoms with Gasteiger partial charge in [0.05, 0.1) is 7.11 Å². The zero-order valence-electron chi connectivity index (χ0n) is 12.9. The van der Waals surface area contributed by atoms with Crippen molar-refractivity contribution in [2.75, 3.05) is 19.0 Å². The largest absolute Gasteiger partial charge is 0.494 e. The molecule has 0 aliphatic carbocycles. The Kier molecular flexibility index (Phi) is 8.84. The molecule has 1 aromatic carbocycles. The molecule has 0 unspecified atom stereocenters. The number of ether oxygens (including phenoxy) is 1. The minimum Gasteiger partial charge on any atom is -0.494 e. The second kappa shape index (κ2) is 10.5. The normalized spacial score (nSPS) is 10.6. The van der Waals surface area contributed by atoms with Crippen LogP contribution in [0.25, 0.3) is 0 Å². The summed E-state index contributed by atoms with van der Waals surface area (Å²) in [6, 6.07) is 4.90. The fourth-order valence-corrected chi connectivity index (χ4v) is 2.26. The zero-order valence-corrected chi connectivity index (χ0v) is 12.9. The highest BCUT2D eigenvalue weighted by molar-refractivity contribution is 5.48. The van der Waals surface area contributed by atoms with Crippen LogP contribution in [0, 0.1) is 5.82 Å².